The van der Waals surface area contributed by atoms with Crippen molar-refractivity contribution in [3.8, 4) is 5.75 Å². The van der Waals surface area contributed by atoms with E-state index in [9.17, 15) is 8.42 Å². The molecule has 138 valence electrons. The first-order valence-electron chi connectivity index (χ1n) is 7.96. The van der Waals surface area contributed by atoms with Crippen molar-refractivity contribution in [2.75, 3.05) is 26.9 Å². The summed E-state index contributed by atoms with van der Waals surface area (Å²) in [5, 5.41) is 0. The minimum atomic E-state index is -3.55. The lowest BCUT2D eigenvalue weighted by molar-refractivity contribution is 0.146. The highest BCUT2D eigenvalue weighted by atomic mass is 35.5. The van der Waals surface area contributed by atoms with Gasteiger partial charge in [0.25, 0.3) is 0 Å². The van der Waals surface area contributed by atoms with Gasteiger partial charge in [0, 0.05) is 19.2 Å². The van der Waals surface area contributed by atoms with Gasteiger partial charge < -0.3 is 15.2 Å². The Morgan fingerprint density at radius 2 is 1.75 bits per heavy atom. The monoisotopic (exact) mass is 378 g/mol. The van der Waals surface area contributed by atoms with E-state index in [-0.39, 0.29) is 23.8 Å². The van der Waals surface area contributed by atoms with E-state index < -0.39 is 15.6 Å². The van der Waals surface area contributed by atoms with E-state index in [0.29, 0.717) is 19.0 Å². The van der Waals surface area contributed by atoms with Crippen LogP contribution in [0.2, 0.25) is 0 Å². The van der Waals surface area contributed by atoms with Gasteiger partial charge in [0.15, 0.2) is 0 Å². The van der Waals surface area contributed by atoms with Crippen LogP contribution < -0.4 is 15.2 Å². The molecule has 0 atom stereocenters. The second kappa shape index (κ2) is 9.58. The number of rotatable bonds is 8. The third-order valence-corrected chi connectivity index (χ3v) is 5.57. The van der Waals surface area contributed by atoms with Crippen LogP contribution in [0.3, 0.4) is 0 Å². The number of methoxy groups -OCH3 is 1. The van der Waals surface area contributed by atoms with E-state index in [1.54, 1.807) is 19.2 Å². The van der Waals surface area contributed by atoms with Crippen LogP contribution in [-0.2, 0) is 14.8 Å². The molecule has 1 fully saturated rings. The Labute approximate surface area is 150 Å². The molecule has 0 unspecified atom stereocenters. The predicted molar refractivity (Wildman–Crippen MR) is 96.3 cm³/mol. The number of ether oxygens (including phenoxy) is 2. The van der Waals surface area contributed by atoms with Crippen molar-refractivity contribution in [3.63, 3.8) is 0 Å². The van der Waals surface area contributed by atoms with Crippen LogP contribution in [-0.4, -0.2) is 40.8 Å². The van der Waals surface area contributed by atoms with Crippen molar-refractivity contribution in [1.82, 2.24) is 4.72 Å². The first kappa shape index (κ1) is 21.2. The zero-order chi connectivity index (χ0) is 16.8. The standard InChI is InChI=1S/C16H26N2O4S.ClH/c1-21-11-12-22-14-5-7-15(8-6-14)23(19,20)18-13-16(17)9-3-2-4-10-16;/h5-8,18H,2-4,9-13,17H2,1H3;1H. The van der Waals surface area contributed by atoms with Gasteiger partial charge >= 0.3 is 0 Å². The van der Waals surface area contributed by atoms with Crippen molar-refractivity contribution in [2.24, 2.45) is 5.73 Å². The number of nitrogens with one attached hydrogen (secondary N) is 1. The number of hydrogen-bond donors (Lipinski definition) is 2. The maximum absolute atomic E-state index is 12.4. The van der Waals surface area contributed by atoms with Gasteiger partial charge in [-0.05, 0) is 37.1 Å². The molecule has 8 heteroatoms. The van der Waals surface area contributed by atoms with Gasteiger partial charge in [0.05, 0.1) is 11.5 Å². The molecule has 3 N–H and O–H groups in total. The summed E-state index contributed by atoms with van der Waals surface area (Å²) in [6, 6.07) is 6.36. The highest BCUT2D eigenvalue weighted by molar-refractivity contribution is 7.89. The molecule has 0 spiro atoms. The normalized spacial score (nSPS) is 17.1. The van der Waals surface area contributed by atoms with E-state index in [1.165, 1.54) is 18.6 Å². The summed E-state index contributed by atoms with van der Waals surface area (Å²) >= 11 is 0. The second-order valence-electron chi connectivity index (χ2n) is 6.06. The average molecular weight is 379 g/mol. The molecule has 0 heterocycles. The highest BCUT2D eigenvalue weighted by Gasteiger charge is 2.29. The number of sulfonamides is 1. The summed E-state index contributed by atoms with van der Waals surface area (Å²) in [6.07, 6.45) is 5.03. The summed E-state index contributed by atoms with van der Waals surface area (Å²) in [7, 11) is -1.95. The van der Waals surface area contributed by atoms with Gasteiger partial charge in [-0.1, -0.05) is 19.3 Å². The quantitative estimate of drug-likeness (QED) is 0.676. The van der Waals surface area contributed by atoms with Gasteiger partial charge in [-0.25, -0.2) is 13.1 Å². The molecule has 1 aliphatic rings. The Balaban J connectivity index is 0.00000288. The van der Waals surface area contributed by atoms with Crippen LogP contribution in [0.1, 0.15) is 32.1 Å². The second-order valence-corrected chi connectivity index (χ2v) is 7.83. The van der Waals surface area contributed by atoms with Gasteiger partial charge in [0.1, 0.15) is 12.4 Å². The Bertz CT molecular complexity index is 587. The number of benzene rings is 1. The first-order valence-corrected chi connectivity index (χ1v) is 9.44. The molecule has 0 amide bonds. The Kier molecular flexibility index (Phi) is 8.45. The van der Waals surface area contributed by atoms with Gasteiger partial charge in [-0.2, -0.15) is 0 Å². The van der Waals surface area contributed by atoms with Gasteiger partial charge in [0.2, 0.25) is 10.0 Å². The van der Waals surface area contributed by atoms with E-state index in [2.05, 4.69) is 4.72 Å². The fraction of sp³-hybridized carbons (Fsp3) is 0.625. The Morgan fingerprint density at radius 1 is 1.12 bits per heavy atom. The summed E-state index contributed by atoms with van der Waals surface area (Å²) in [5.74, 6) is 0.614. The topological polar surface area (TPSA) is 90.6 Å². The Morgan fingerprint density at radius 3 is 2.33 bits per heavy atom. The largest absolute Gasteiger partial charge is 0.491 e. The molecule has 6 nitrogen and oxygen atoms in total. The van der Waals surface area contributed by atoms with Crippen molar-refractivity contribution in [1.29, 1.82) is 0 Å². The van der Waals surface area contributed by atoms with E-state index in [4.69, 9.17) is 15.2 Å². The number of nitrogens with two attached hydrogens (primary N) is 1. The molecular weight excluding hydrogens is 352 g/mol. The van der Waals surface area contributed by atoms with E-state index in [0.717, 1.165) is 25.7 Å². The molecule has 2 rings (SSSR count). The van der Waals surface area contributed by atoms with Crippen molar-refractivity contribution in [2.45, 2.75) is 42.5 Å². The summed E-state index contributed by atoms with van der Waals surface area (Å²) in [4.78, 5) is 0.219. The lowest BCUT2D eigenvalue weighted by atomic mass is 9.83. The van der Waals surface area contributed by atoms with E-state index >= 15 is 0 Å². The lowest BCUT2D eigenvalue weighted by Crippen LogP contribution is -2.51. The van der Waals surface area contributed by atoms with Crippen molar-refractivity contribution in [3.05, 3.63) is 24.3 Å². The van der Waals surface area contributed by atoms with Crippen molar-refractivity contribution < 1.29 is 17.9 Å². The zero-order valence-electron chi connectivity index (χ0n) is 14.0. The van der Waals surface area contributed by atoms with Crippen LogP contribution in [0.25, 0.3) is 0 Å². The van der Waals surface area contributed by atoms with Crippen LogP contribution >= 0.6 is 12.4 Å². The molecule has 0 saturated heterocycles. The highest BCUT2D eigenvalue weighted by Crippen LogP contribution is 2.25. The zero-order valence-corrected chi connectivity index (χ0v) is 15.6. The molecule has 0 aromatic heterocycles. The molecule has 0 radical (unpaired) electrons. The minimum Gasteiger partial charge on any atom is -0.491 e. The predicted octanol–water partition coefficient (Wildman–Crippen LogP) is 2.07. The van der Waals surface area contributed by atoms with Crippen LogP contribution in [0, 0.1) is 0 Å². The van der Waals surface area contributed by atoms with E-state index in [1.807, 2.05) is 0 Å². The molecule has 0 aliphatic heterocycles. The molecular formula is C16H27ClN2O4S. The van der Waals surface area contributed by atoms with Crippen molar-refractivity contribution >= 4 is 22.4 Å². The van der Waals surface area contributed by atoms with Crippen LogP contribution in [0.5, 0.6) is 5.75 Å². The average Bonchev–Trinajstić information content (AvgIpc) is 2.55. The first-order chi connectivity index (χ1) is 11.0. The summed E-state index contributed by atoms with van der Waals surface area (Å²) in [5.41, 5.74) is 5.86. The lowest BCUT2D eigenvalue weighted by Gasteiger charge is -2.33. The molecule has 1 saturated carbocycles. The third-order valence-electron chi connectivity index (χ3n) is 4.15. The van der Waals surface area contributed by atoms with Crippen LogP contribution in [0.15, 0.2) is 29.2 Å². The molecule has 1 aromatic rings. The minimum absolute atomic E-state index is 0. The number of hydrogen-bond acceptors (Lipinski definition) is 5. The van der Waals surface area contributed by atoms with Gasteiger partial charge in [-0.3, -0.25) is 0 Å². The molecule has 1 aliphatic carbocycles. The smallest absolute Gasteiger partial charge is 0.240 e. The summed E-state index contributed by atoms with van der Waals surface area (Å²) < 4.78 is 37.7. The maximum Gasteiger partial charge on any atom is 0.240 e. The fourth-order valence-electron chi connectivity index (χ4n) is 2.71. The maximum atomic E-state index is 12.4. The third kappa shape index (κ3) is 6.22. The summed E-state index contributed by atoms with van der Waals surface area (Å²) in [6.45, 7) is 1.19. The number of halogens is 1. The van der Waals surface area contributed by atoms with Crippen LogP contribution in [0.4, 0.5) is 0 Å². The SMILES string of the molecule is COCCOc1ccc(S(=O)(=O)NCC2(N)CCCCC2)cc1.Cl. The molecule has 0 bridgehead atoms. The Hall–Kier alpha value is -0.860. The molecule has 24 heavy (non-hydrogen) atoms. The van der Waals surface area contributed by atoms with Gasteiger partial charge in [-0.15, -0.1) is 12.4 Å². The molecule has 1 aromatic carbocycles. The fourth-order valence-corrected chi connectivity index (χ4v) is 3.85.